The number of rotatable bonds is 9. The number of nitrogens with one attached hydrogen (secondary N) is 1. The van der Waals surface area contributed by atoms with Gasteiger partial charge in [-0.1, -0.05) is 19.1 Å². The van der Waals surface area contributed by atoms with E-state index in [9.17, 15) is 0 Å². The van der Waals surface area contributed by atoms with Crippen LogP contribution in [0.3, 0.4) is 0 Å². The van der Waals surface area contributed by atoms with Gasteiger partial charge in [0.15, 0.2) is 11.5 Å². The third kappa shape index (κ3) is 4.90. The van der Waals surface area contributed by atoms with Crippen LogP contribution in [-0.2, 0) is 11.3 Å². The molecule has 1 aliphatic heterocycles. The van der Waals surface area contributed by atoms with Crippen LogP contribution in [-0.4, -0.2) is 32.5 Å². The highest BCUT2D eigenvalue weighted by atomic mass is 16.5. The Bertz CT molecular complexity index is 416. The molecule has 0 saturated carbocycles. The number of ether oxygens (including phenoxy) is 3. The average molecular weight is 293 g/mol. The molecule has 118 valence electrons. The number of hydrogen-bond acceptors (Lipinski definition) is 4. The molecule has 21 heavy (non-hydrogen) atoms. The van der Waals surface area contributed by atoms with Crippen molar-refractivity contribution in [2.45, 2.75) is 45.8 Å². The van der Waals surface area contributed by atoms with Gasteiger partial charge in [0.25, 0.3) is 0 Å². The summed E-state index contributed by atoms with van der Waals surface area (Å²) in [5.74, 6) is 1.71. The van der Waals surface area contributed by atoms with Crippen molar-refractivity contribution in [2.75, 3.05) is 26.4 Å². The summed E-state index contributed by atoms with van der Waals surface area (Å²) in [7, 11) is 0. The van der Waals surface area contributed by atoms with E-state index >= 15 is 0 Å². The molecule has 0 aromatic heterocycles. The molecule has 0 radical (unpaired) electrons. The SMILES string of the molecule is CCNCc1cccc(OCC)c1OCCC1CCCO1. The first kappa shape index (κ1) is 16.1. The van der Waals surface area contributed by atoms with Gasteiger partial charge in [0.2, 0.25) is 0 Å². The maximum Gasteiger partial charge on any atom is 0.165 e. The fraction of sp³-hybridized carbons (Fsp3) is 0.647. The lowest BCUT2D eigenvalue weighted by Gasteiger charge is -2.17. The van der Waals surface area contributed by atoms with Crippen molar-refractivity contribution in [3.8, 4) is 11.5 Å². The standard InChI is InChI=1S/C17H27NO3/c1-3-18-13-14-7-5-9-16(19-4-2)17(14)21-12-10-15-8-6-11-20-15/h5,7,9,15,18H,3-4,6,8,10-13H2,1-2H3. The minimum absolute atomic E-state index is 0.362. The van der Waals surface area contributed by atoms with Crippen molar-refractivity contribution in [3.05, 3.63) is 23.8 Å². The molecular weight excluding hydrogens is 266 g/mol. The molecule has 1 aliphatic rings. The van der Waals surface area contributed by atoms with Gasteiger partial charge in [-0.15, -0.1) is 0 Å². The smallest absolute Gasteiger partial charge is 0.165 e. The number of para-hydroxylation sites is 1. The van der Waals surface area contributed by atoms with Crippen LogP contribution in [0.15, 0.2) is 18.2 Å². The van der Waals surface area contributed by atoms with Crippen LogP contribution in [0.5, 0.6) is 11.5 Å². The molecule has 2 rings (SSSR count). The summed E-state index contributed by atoms with van der Waals surface area (Å²) < 4.78 is 17.4. The zero-order valence-corrected chi connectivity index (χ0v) is 13.2. The first-order valence-electron chi connectivity index (χ1n) is 8.05. The van der Waals surface area contributed by atoms with Crippen molar-refractivity contribution in [1.82, 2.24) is 5.32 Å². The first-order valence-corrected chi connectivity index (χ1v) is 8.05. The highest BCUT2D eigenvalue weighted by molar-refractivity contribution is 5.46. The molecule has 4 nitrogen and oxygen atoms in total. The van der Waals surface area contributed by atoms with E-state index in [2.05, 4.69) is 18.3 Å². The van der Waals surface area contributed by atoms with Crippen molar-refractivity contribution in [1.29, 1.82) is 0 Å². The molecule has 0 bridgehead atoms. The summed E-state index contributed by atoms with van der Waals surface area (Å²) in [5.41, 5.74) is 1.15. The molecule has 0 amide bonds. The number of benzene rings is 1. The van der Waals surface area contributed by atoms with Gasteiger partial charge in [0, 0.05) is 25.1 Å². The van der Waals surface area contributed by atoms with Gasteiger partial charge >= 0.3 is 0 Å². The molecule has 1 aromatic rings. The molecule has 1 unspecified atom stereocenters. The minimum Gasteiger partial charge on any atom is -0.490 e. The molecule has 1 fully saturated rings. The van der Waals surface area contributed by atoms with Crippen LogP contribution in [0.4, 0.5) is 0 Å². The third-order valence-electron chi connectivity index (χ3n) is 3.64. The van der Waals surface area contributed by atoms with Gasteiger partial charge in [-0.2, -0.15) is 0 Å². The van der Waals surface area contributed by atoms with E-state index in [-0.39, 0.29) is 0 Å². The van der Waals surface area contributed by atoms with Crippen molar-refractivity contribution in [2.24, 2.45) is 0 Å². The molecule has 1 heterocycles. The Labute approximate surface area is 127 Å². The Balaban J connectivity index is 1.98. The average Bonchev–Trinajstić information content (AvgIpc) is 3.00. The topological polar surface area (TPSA) is 39.7 Å². The van der Waals surface area contributed by atoms with Gasteiger partial charge in [-0.05, 0) is 32.4 Å². The van der Waals surface area contributed by atoms with E-state index in [1.54, 1.807) is 0 Å². The van der Waals surface area contributed by atoms with E-state index in [1.165, 1.54) is 6.42 Å². The predicted octanol–water partition coefficient (Wildman–Crippen LogP) is 3.14. The Morgan fingerprint density at radius 3 is 2.90 bits per heavy atom. The second-order valence-corrected chi connectivity index (χ2v) is 5.23. The second-order valence-electron chi connectivity index (χ2n) is 5.23. The van der Waals surface area contributed by atoms with E-state index in [4.69, 9.17) is 14.2 Å². The fourth-order valence-electron chi connectivity index (χ4n) is 2.56. The van der Waals surface area contributed by atoms with Gasteiger partial charge in [-0.25, -0.2) is 0 Å². The summed E-state index contributed by atoms with van der Waals surface area (Å²) in [5, 5.41) is 3.35. The maximum atomic E-state index is 6.03. The molecule has 1 N–H and O–H groups in total. The monoisotopic (exact) mass is 293 g/mol. The first-order chi connectivity index (χ1) is 10.3. The quantitative estimate of drug-likeness (QED) is 0.759. The Hall–Kier alpha value is -1.26. The highest BCUT2D eigenvalue weighted by Gasteiger charge is 2.16. The van der Waals surface area contributed by atoms with E-state index in [0.29, 0.717) is 19.3 Å². The predicted molar refractivity (Wildman–Crippen MR) is 84.1 cm³/mol. The maximum absolute atomic E-state index is 6.03. The van der Waals surface area contributed by atoms with E-state index < -0.39 is 0 Å². The Morgan fingerprint density at radius 1 is 1.29 bits per heavy atom. The van der Waals surface area contributed by atoms with Crippen molar-refractivity contribution < 1.29 is 14.2 Å². The summed E-state index contributed by atoms with van der Waals surface area (Å²) in [6, 6.07) is 6.08. The lowest BCUT2D eigenvalue weighted by atomic mass is 10.1. The molecule has 0 aliphatic carbocycles. The largest absolute Gasteiger partial charge is 0.490 e. The second kappa shape index (κ2) is 8.90. The molecule has 0 spiro atoms. The fourth-order valence-corrected chi connectivity index (χ4v) is 2.56. The van der Waals surface area contributed by atoms with Crippen LogP contribution in [0, 0.1) is 0 Å². The molecular formula is C17H27NO3. The van der Waals surface area contributed by atoms with Gasteiger partial charge in [-0.3, -0.25) is 0 Å². The molecule has 1 aromatic carbocycles. The van der Waals surface area contributed by atoms with Crippen LogP contribution in [0.1, 0.15) is 38.7 Å². The number of hydrogen-bond donors (Lipinski definition) is 1. The van der Waals surface area contributed by atoms with Crippen molar-refractivity contribution >= 4 is 0 Å². The zero-order valence-electron chi connectivity index (χ0n) is 13.2. The van der Waals surface area contributed by atoms with Crippen LogP contribution < -0.4 is 14.8 Å². The Morgan fingerprint density at radius 2 is 2.19 bits per heavy atom. The van der Waals surface area contributed by atoms with Gasteiger partial charge < -0.3 is 19.5 Å². The Kier molecular flexibility index (Phi) is 6.83. The molecule has 1 saturated heterocycles. The summed E-state index contributed by atoms with van der Waals surface area (Å²) in [6.45, 7) is 8.05. The van der Waals surface area contributed by atoms with Gasteiger partial charge in [0.1, 0.15) is 0 Å². The molecule has 1 atom stereocenters. The van der Waals surface area contributed by atoms with Crippen LogP contribution in [0.25, 0.3) is 0 Å². The zero-order chi connectivity index (χ0) is 14.9. The molecule has 4 heteroatoms. The summed E-state index contributed by atoms with van der Waals surface area (Å²) in [4.78, 5) is 0. The van der Waals surface area contributed by atoms with Crippen molar-refractivity contribution in [3.63, 3.8) is 0 Å². The normalized spacial score (nSPS) is 17.9. The van der Waals surface area contributed by atoms with Crippen LogP contribution >= 0.6 is 0 Å². The van der Waals surface area contributed by atoms with Gasteiger partial charge in [0.05, 0.1) is 19.3 Å². The lowest BCUT2D eigenvalue weighted by molar-refractivity contribution is 0.0896. The van der Waals surface area contributed by atoms with E-state index in [0.717, 1.165) is 49.6 Å². The lowest BCUT2D eigenvalue weighted by Crippen LogP contribution is -2.15. The van der Waals surface area contributed by atoms with E-state index in [1.807, 2.05) is 19.1 Å². The highest BCUT2D eigenvalue weighted by Crippen LogP contribution is 2.32. The third-order valence-corrected chi connectivity index (χ3v) is 3.64. The summed E-state index contributed by atoms with van der Waals surface area (Å²) in [6.07, 6.45) is 3.63. The summed E-state index contributed by atoms with van der Waals surface area (Å²) >= 11 is 0. The van der Waals surface area contributed by atoms with Crippen LogP contribution in [0.2, 0.25) is 0 Å². The minimum atomic E-state index is 0.362.